The average Bonchev–Trinajstić information content (AvgIpc) is 1.94. The Balaban J connectivity index is 2.93. The molecule has 0 amide bonds. The highest BCUT2D eigenvalue weighted by molar-refractivity contribution is 5.94. The van der Waals surface area contributed by atoms with Crippen LogP contribution in [0.3, 0.4) is 0 Å². The van der Waals surface area contributed by atoms with E-state index in [-0.39, 0.29) is 0 Å². The molecule has 0 saturated heterocycles. The van der Waals surface area contributed by atoms with Crippen molar-refractivity contribution in [3.63, 3.8) is 0 Å². The number of aliphatic imine (C=N–C) groups is 2. The molecule has 0 saturated carbocycles. The minimum atomic E-state index is -4.45. The summed E-state index contributed by atoms with van der Waals surface area (Å²) in [5.74, 6) is -1.08. The highest BCUT2D eigenvalue weighted by atomic mass is 19.4. The maximum absolute atomic E-state index is 12.1. The Labute approximate surface area is 73.9 Å². The predicted octanol–water partition coefficient (Wildman–Crippen LogP) is 2.72. The van der Waals surface area contributed by atoms with E-state index in [4.69, 9.17) is 0 Å². The maximum Gasteiger partial charge on any atom is 0.451 e. The van der Waals surface area contributed by atoms with Gasteiger partial charge in [0.1, 0.15) is 0 Å². The number of halogens is 3. The van der Waals surface area contributed by atoms with Crippen molar-refractivity contribution >= 4 is 12.1 Å². The summed E-state index contributed by atoms with van der Waals surface area (Å²) in [6.45, 7) is 1.75. The second-order valence-electron chi connectivity index (χ2n) is 2.78. The van der Waals surface area contributed by atoms with Crippen LogP contribution in [-0.4, -0.2) is 18.2 Å². The van der Waals surface area contributed by atoms with Crippen molar-refractivity contribution in [1.82, 2.24) is 0 Å². The highest BCUT2D eigenvalue weighted by Gasteiger charge is 2.35. The molecule has 0 aliphatic carbocycles. The quantitative estimate of drug-likeness (QED) is 0.561. The lowest BCUT2D eigenvalue weighted by Gasteiger charge is -2.06. The molecule has 0 aromatic carbocycles. The van der Waals surface area contributed by atoms with Gasteiger partial charge in [-0.15, -0.1) is 0 Å². The van der Waals surface area contributed by atoms with E-state index in [2.05, 4.69) is 9.98 Å². The molecule has 72 valence electrons. The van der Waals surface area contributed by atoms with Crippen molar-refractivity contribution < 1.29 is 13.2 Å². The molecule has 13 heavy (non-hydrogen) atoms. The van der Waals surface area contributed by atoms with E-state index in [0.29, 0.717) is 12.8 Å². The molecule has 5 heteroatoms. The number of allylic oxidation sites excluding steroid dienone is 1. The molecular formula is C8H9F3N2. The number of rotatable bonds is 0. The Kier molecular flexibility index (Phi) is 2.85. The zero-order valence-corrected chi connectivity index (χ0v) is 7.10. The van der Waals surface area contributed by atoms with Gasteiger partial charge >= 0.3 is 6.18 Å². The van der Waals surface area contributed by atoms with Crippen molar-refractivity contribution in [3.8, 4) is 0 Å². The van der Waals surface area contributed by atoms with Gasteiger partial charge in [0.15, 0.2) is 0 Å². The molecule has 0 fully saturated rings. The molecule has 0 spiro atoms. The van der Waals surface area contributed by atoms with Crippen LogP contribution in [0.5, 0.6) is 0 Å². The summed E-state index contributed by atoms with van der Waals surface area (Å²) in [5, 5.41) is 0. The minimum absolute atomic E-state index is 0.525. The molecule has 0 atom stereocenters. The first-order valence-electron chi connectivity index (χ1n) is 3.83. The number of amidine groups is 1. The molecule has 0 unspecified atom stereocenters. The molecule has 0 aromatic rings. The fourth-order valence-electron chi connectivity index (χ4n) is 0.859. The summed E-state index contributed by atoms with van der Waals surface area (Å²) in [5.41, 5.74) is 0.827. The molecule has 0 aromatic heterocycles. The number of hydrogen-bond donors (Lipinski definition) is 0. The molecule has 1 aliphatic heterocycles. The van der Waals surface area contributed by atoms with Crippen molar-refractivity contribution in [2.75, 3.05) is 0 Å². The largest absolute Gasteiger partial charge is 0.451 e. The SMILES string of the molecule is C/C1=C/N=C(C(F)(F)F)N=CCC1. The van der Waals surface area contributed by atoms with Crippen molar-refractivity contribution in [1.29, 1.82) is 0 Å². The van der Waals surface area contributed by atoms with Crippen LogP contribution in [-0.2, 0) is 0 Å². The van der Waals surface area contributed by atoms with Crippen LogP contribution in [0, 0.1) is 0 Å². The van der Waals surface area contributed by atoms with Gasteiger partial charge in [0.25, 0.3) is 0 Å². The molecule has 1 heterocycles. The van der Waals surface area contributed by atoms with Gasteiger partial charge in [-0.05, 0) is 19.8 Å². The van der Waals surface area contributed by atoms with Gasteiger partial charge in [0.2, 0.25) is 5.84 Å². The third-order valence-electron chi connectivity index (χ3n) is 1.54. The Morgan fingerprint density at radius 2 is 2.08 bits per heavy atom. The summed E-state index contributed by atoms with van der Waals surface area (Å²) in [4.78, 5) is 6.51. The maximum atomic E-state index is 12.1. The van der Waals surface area contributed by atoms with E-state index in [1.54, 1.807) is 6.92 Å². The first-order chi connectivity index (χ1) is 6.00. The lowest BCUT2D eigenvalue weighted by molar-refractivity contribution is -0.0596. The summed E-state index contributed by atoms with van der Waals surface area (Å²) >= 11 is 0. The average molecular weight is 190 g/mol. The minimum Gasteiger partial charge on any atom is -0.237 e. The normalized spacial score (nSPS) is 22.8. The van der Waals surface area contributed by atoms with Crippen molar-refractivity contribution in [2.45, 2.75) is 25.9 Å². The summed E-state index contributed by atoms with van der Waals surface area (Å²) < 4.78 is 36.3. The number of alkyl halides is 3. The van der Waals surface area contributed by atoms with Crippen LogP contribution in [0.4, 0.5) is 13.2 Å². The molecule has 2 nitrogen and oxygen atoms in total. The summed E-state index contributed by atoms with van der Waals surface area (Å²) in [6.07, 6.45) is -0.748. The van der Waals surface area contributed by atoms with E-state index >= 15 is 0 Å². The molecule has 1 aliphatic rings. The third-order valence-corrected chi connectivity index (χ3v) is 1.54. The Hall–Kier alpha value is -1.13. The lowest BCUT2D eigenvalue weighted by atomic mass is 10.2. The molecule has 0 radical (unpaired) electrons. The van der Waals surface area contributed by atoms with Gasteiger partial charge in [-0.2, -0.15) is 13.2 Å². The van der Waals surface area contributed by atoms with Crippen LogP contribution < -0.4 is 0 Å². The van der Waals surface area contributed by atoms with E-state index in [1.165, 1.54) is 12.4 Å². The van der Waals surface area contributed by atoms with E-state index in [9.17, 15) is 13.2 Å². The highest BCUT2D eigenvalue weighted by Crippen LogP contribution is 2.19. The van der Waals surface area contributed by atoms with Crippen LogP contribution >= 0.6 is 0 Å². The molecular weight excluding hydrogens is 181 g/mol. The van der Waals surface area contributed by atoms with E-state index in [0.717, 1.165) is 5.57 Å². The van der Waals surface area contributed by atoms with Crippen LogP contribution in [0.1, 0.15) is 19.8 Å². The van der Waals surface area contributed by atoms with Gasteiger partial charge in [0, 0.05) is 12.4 Å². The molecule has 0 bridgehead atoms. The first kappa shape index (κ1) is 9.95. The second-order valence-corrected chi connectivity index (χ2v) is 2.78. The number of hydrogen-bond acceptors (Lipinski definition) is 2. The second kappa shape index (κ2) is 3.72. The lowest BCUT2D eigenvalue weighted by Crippen LogP contribution is -2.21. The number of nitrogens with zero attached hydrogens (tertiary/aromatic N) is 2. The van der Waals surface area contributed by atoms with Crippen LogP contribution in [0.25, 0.3) is 0 Å². The van der Waals surface area contributed by atoms with Crippen molar-refractivity contribution in [2.24, 2.45) is 9.98 Å². The van der Waals surface area contributed by atoms with Crippen LogP contribution in [0.15, 0.2) is 21.8 Å². The van der Waals surface area contributed by atoms with Gasteiger partial charge < -0.3 is 0 Å². The topological polar surface area (TPSA) is 24.7 Å². The zero-order chi connectivity index (χ0) is 9.90. The Morgan fingerprint density at radius 3 is 2.69 bits per heavy atom. The molecule has 1 rings (SSSR count). The summed E-state index contributed by atoms with van der Waals surface area (Å²) in [6, 6.07) is 0. The molecule has 0 N–H and O–H groups in total. The third kappa shape index (κ3) is 3.01. The van der Waals surface area contributed by atoms with Gasteiger partial charge in [-0.25, -0.2) is 9.98 Å². The monoisotopic (exact) mass is 190 g/mol. The van der Waals surface area contributed by atoms with E-state index < -0.39 is 12.0 Å². The Morgan fingerprint density at radius 1 is 1.38 bits per heavy atom. The zero-order valence-electron chi connectivity index (χ0n) is 7.10. The summed E-state index contributed by atoms with van der Waals surface area (Å²) in [7, 11) is 0. The Bertz CT molecular complexity index is 274. The predicted molar refractivity (Wildman–Crippen MR) is 45.0 cm³/mol. The fraction of sp³-hybridized carbons (Fsp3) is 0.500. The van der Waals surface area contributed by atoms with Gasteiger partial charge in [-0.1, -0.05) is 5.57 Å². The van der Waals surface area contributed by atoms with Gasteiger partial charge in [-0.3, -0.25) is 0 Å². The standard InChI is InChI=1S/C8H9F3N2/c1-6-3-2-4-12-7(13-5-6)8(9,10)11/h4-5H,2-3H2,1H3/b6-5-,12-4?,13-7?. The van der Waals surface area contributed by atoms with Crippen molar-refractivity contribution in [3.05, 3.63) is 11.8 Å². The van der Waals surface area contributed by atoms with E-state index in [1.807, 2.05) is 0 Å². The smallest absolute Gasteiger partial charge is 0.237 e. The first-order valence-corrected chi connectivity index (χ1v) is 3.83. The van der Waals surface area contributed by atoms with Crippen LogP contribution in [0.2, 0.25) is 0 Å². The fourth-order valence-corrected chi connectivity index (χ4v) is 0.859. The van der Waals surface area contributed by atoms with Gasteiger partial charge in [0.05, 0.1) is 0 Å².